The van der Waals surface area contributed by atoms with Crippen LogP contribution in [0.25, 0.3) is 0 Å². The van der Waals surface area contributed by atoms with Crippen molar-refractivity contribution in [2.45, 2.75) is 66.0 Å². The molecule has 2 aromatic rings. The summed E-state index contributed by atoms with van der Waals surface area (Å²) in [7, 11) is 3.20. The molecule has 1 aliphatic rings. The minimum absolute atomic E-state index is 0.0411. The predicted molar refractivity (Wildman–Crippen MR) is 148 cm³/mol. The first kappa shape index (κ1) is 28.5. The molecule has 0 saturated carbocycles. The van der Waals surface area contributed by atoms with E-state index in [0.29, 0.717) is 42.6 Å². The molecule has 0 spiro atoms. The Morgan fingerprint density at radius 1 is 0.919 bits per heavy atom. The lowest BCUT2D eigenvalue weighted by Gasteiger charge is -2.30. The molecule has 1 aliphatic heterocycles. The number of ether oxygens (including phenoxy) is 2. The van der Waals surface area contributed by atoms with E-state index in [1.165, 1.54) is 19.3 Å². The minimum Gasteiger partial charge on any atom is -0.493 e. The van der Waals surface area contributed by atoms with Gasteiger partial charge in [-0.15, -0.1) is 0 Å². The highest BCUT2D eigenvalue weighted by Crippen LogP contribution is 2.28. The van der Waals surface area contributed by atoms with E-state index in [4.69, 9.17) is 9.47 Å². The zero-order chi connectivity index (χ0) is 26.8. The third-order valence-corrected chi connectivity index (χ3v) is 6.79. The number of amides is 2. The number of benzene rings is 2. The molecule has 0 aliphatic carbocycles. The van der Waals surface area contributed by atoms with Crippen LogP contribution in [0.5, 0.6) is 11.5 Å². The monoisotopic (exact) mass is 509 g/mol. The molecular weight excluding hydrogens is 466 g/mol. The standard InChI is InChI=1S/C30H43N3O4/c1-22(2)20-32-15-9-7-6-8-10-16-33(23(3)34)27-13-12-25(18-26(27)21-32)30(35)31-19-24-11-14-28(36-4)29(17-24)37-5/h11-14,17-18,22H,6-10,15-16,19-21H2,1-5H3,(H,31,35). The largest absolute Gasteiger partial charge is 0.493 e. The number of nitrogens with zero attached hydrogens (tertiary/aromatic N) is 2. The summed E-state index contributed by atoms with van der Waals surface area (Å²) >= 11 is 0. The van der Waals surface area contributed by atoms with E-state index in [2.05, 4.69) is 24.1 Å². The molecule has 1 N–H and O–H groups in total. The second-order valence-corrected chi connectivity index (χ2v) is 10.3. The fourth-order valence-electron chi connectivity index (χ4n) is 4.97. The molecule has 0 saturated heterocycles. The van der Waals surface area contributed by atoms with Gasteiger partial charge < -0.3 is 19.7 Å². The van der Waals surface area contributed by atoms with Crippen LogP contribution < -0.4 is 19.7 Å². The molecule has 0 radical (unpaired) electrons. The van der Waals surface area contributed by atoms with Crippen molar-refractivity contribution in [1.29, 1.82) is 0 Å². The summed E-state index contributed by atoms with van der Waals surface area (Å²) in [5.74, 6) is 1.71. The van der Waals surface area contributed by atoms with Crippen molar-refractivity contribution in [3.8, 4) is 11.5 Å². The highest BCUT2D eigenvalue weighted by Gasteiger charge is 2.20. The van der Waals surface area contributed by atoms with Gasteiger partial charge >= 0.3 is 0 Å². The summed E-state index contributed by atoms with van der Waals surface area (Å²) in [5, 5.41) is 3.03. The van der Waals surface area contributed by atoms with E-state index in [0.717, 1.165) is 42.7 Å². The van der Waals surface area contributed by atoms with Gasteiger partial charge in [0.2, 0.25) is 5.91 Å². The maximum Gasteiger partial charge on any atom is 0.251 e. The van der Waals surface area contributed by atoms with Crippen molar-refractivity contribution in [1.82, 2.24) is 10.2 Å². The molecule has 0 fully saturated rings. The van der Waals surface area contributed by atoms with Crippen LogP contribution in [0.2, 0.25) is 0 Å². The molecule has 37 heavy (non-hydrogen) atoms. The van der Waals surface area contributed by atoms with E-state index in [1.54, 1.807) is 21.1 Å². The fraction of sp³-hybridized carbons (Fsp3) is 0.533. The first-order valence-corrected chi connectivity index (χ1v) is 13.4. The van der Waals surface area contributed by atoms with Gasteiger partial charge in [0.05, 0.1) is 14.2 Å². The summed E-state index contributed by atoms with van der Waals surface area (Å²) in [5.41, 5.74) is 3.45. The molecule has 0 unspecified atom stereocenters. The van der Waals surface area contributed by atoms with Crippen molar-refractivity contribution in [3.05, 3.63) is 53.1 Å². The van der Waals surface area contributed by atoms with E-state index in [1.807, 2.05) is 41.3 Å². The molecule has 2 amide bonds. The van der Waals surface area contributed by atoms with Crippen LogP contribution in [0.1, 0.15) is 74.4 Å². The van der Waals surface area contributed by atoms with Gasteiger partial charge in [0.25, 0.3) is 5.91 Å². The molecule has 0 bridgehead atoms. The number of methoxy groups -OCH3 is 2. The Labute approximate surface area is 222 Å². The SMILES string of the molecule is COc1ccc(CNC(=O)c2ccc3c(c2)CN(CC(C)C)CCCCCCCN3C(C)=O)cc1OC. The highest BCUT2D eigenvalue weighted by molar-refractivity contribution is 5.97. The first-order valence-electron chi connectivity index (χ1n) is 13.4. The maximum atomic E-state index is 13.2. The average Bonchev–Trinajstić information content (AvgIpc) is 2.87. The van der Waals surface area contributed by atoms with Gasteiger partial charge in [-0.05, 0) is 66.8 Å². The van der Waals surface area contributed by atoms with Crippen molar-refractivity contribution in [3.63, 3.8) is 0 Å². The number of carbonyl (C=O) groups is 2. The highest BCUT2D eigenvalue weighted by atomic mass is 16.5. The number of anilines is 1. The lowest BCUT2D eigenvalue weighted by molar-refractivity contribution is -0.116. The Balaban J connectivity index is 1.86. The Hall–Kier alpha value is -3.06. The van der Waals surface area contributed by atoms with Gasteiger partial charge in [0, 0.05) is 44.4 Å². The molecule has 202 valence electrons. The van der Waals surface area contributed by atoms with Crippen molar-refractivity contribution in [2.75, 3.05) is 38.8 Å². The van der Waals surface area contributed by atoms with E-state index in [9.17, 15) is 9.59 Å². The minimum atomic E-state index is -0.145. The summed E-state index contributed by atoms with van der Waals surface area (Å²) in [6.07, 6.45) is 5.69. The molecule has 0 aromatic heterocycles. The quantitative estimate of drug-likeness (QED) is 0.541. The van der Waals surface area contributed by atoms with Crippen LogP contribution in [-0.4, -0.2) is 50.6 Å². The third-order valence-electron chi connectivity index (χ3n) is 6.79. The van der Waals surface area contributed by atoms with Crippen LogP contribution in [0.3, 0.4) is 0 Å². The summed E-state index contributed by atoms with van der Waals surface area (Å²) in [6, 6.07) is 11.4. The second kappa shape index (κ2) is 14.0. The first-order chi connectivity index (χ1) is 17.8. The Kier molecular flexibility index (Phi) is 10.8. The fourth-order valence-corrected chi connectivity index (χ4v) is 4.97. The van der Waals surface area contributed by atoms with E-state index in [-0.39, 0.29) is 11.8 Å². The summed E-state index contributed by atoms with van der Waals surface area (Å²) in [6.45, 7) is 9.89. The van der Waals surface area contributed by atoms with E-state index < -0.39 is 0 Å². The molecule has 3 rings (SSSR count). The Morgan fingerprint density at radius 3 is 2.30 bits per heavy atom. The molecular formula is C30H43N3O4. The van der Waals surface area contributed by atoms with Gasteiger partial charge in [-0.2, -0.15) is 0 Å². The molecule has 1 heterocycles. The number of rotatable bonds is 7. The van der Waals surface area contributed by atoms with Crippen LogP contribution in [-0.2, 0) is 17.9 Å². The zero-order valence-electron chi connectivity index (χ0n) is 23.1. The number of hydrogen-bond donors (Lipinski definition) is 1. The van der Waals surface area contributed by atoms with E-state index >= 15 is 0 Å². The number of fused-ring (bicyclic) bond motifs is 1. The van der Waals surface area contributed by atoms with Crippen LogP contribution in [0.15, 0.2) is 36.4 Å². The van der Waals surface area contributed by atoms with Gasteiger partial charge in [-0.1, -0.05) is 39.2 Å². The van der Waals surface area contributed by atoms with Crippen LogP contribution in [0.4, 0.5) is 5.69 Å². The summed E-state index contributed by atoms with van der Waals surface area (Å²) in [4.78, 5) is 30.2. The number of nitrogens with one attached hydrogen (secondary N) is 1. The lowest BCUT2D eigenvalue weighted by atomic mass is 10.0. The summed E-state index contributed by atoms with van der Waals surface area (Å²) < 4.78 is 10.7. The topological polar surface area (TPSA) is 71.1 Å². The Morgan fingerprint density at radius 2 is 1.62 bits per heavy atom. The number of hydrogen-bond acceptors (Lipinski definition) is 5. The maximum absolute atomic E-state index is 13.2. The molecule has 7 heteroatoms. The lowest BCUT2D eigenvalue weighted by Crippen LogP contribution is -2.34. The second-order valence-electron chi connectivity index (χ2n) is 10.3. The molecule has 2 aromatic carbocycles. The normalized spacial score (nSPS) is 15.4. The van der Waals surface area contributed by atoms with Crippen LogP contribution in [0, 0.1) is 5.92 Å². The van der Waals surface area contributed by atoms with Crippen molar-refractivity contribution < 1.29 is 19.1 Å². The number of carbonyl (C=O) groups excluding carboxylic acids is 2. The molecule has 0 atom stereocenters. The van der Waals surface area contributed by atoms with Crippen molar-refractivity contribution >= 4 is 17.5 Å². The van der Waals surface area contributed by atoms with Crippen LogP contribution >= 0.6 is 0 Å². The van der Waals surface area contributed by atoms with Crippen molar-refractivity contribution in [2.24, 2.45) is 5.92 Å². The third kappa shape index (κ3) is 8.22. The molecule has 7 nitrogen and oxygen atoms in total. The van der Waals surface area contributed by atoms with Gasteiger partial charge in [0.15, 0.2) is 11.5 Å². The smallest absolute Gasteiger partial charge is 0.251 e. The van der Waals surface area contributed by atoms with Gasteiger partial charge in [0.1, 0.15) is 0 Å². The van der Waals surface area contributed by atoms with Gasteiger partial charge in [-0.25, -0.2) is 0 Å². The predicted octanol–water partition coefficient (Wildman–Crippen LogP) is 5.41. The average molecular weight is 510 g/mol. The van der Waals surface area contributed by atoms with Gasteiger partial charge in [-0.3, -0.25) is 14.5 Å². The Bertz CT molecular complexity index is 1050. The zero-order valence-corrected chi connectivity index (χ0v) is 23.1.